The van der Waals surface area contributed by atoms with Crippen LogP contribution in [0.4, 0.5) is 5.13 Å². The van der Waals surface area contributed by atoms with Gasteiger partial charge >= 0.3 is 0 Å². The SMILES string of the molecule is CCCCCOc1ccc(C2C(C(=O)c3cc4ccccc4o3)=C(O)C(=O)N2c2nc3ccc(Cl)cc3s2)cc1OC. The second-order valence-electron chi connectivity index (χ2n) is 9.89. The van der Waals surface area contributed by atoms with Gasteiger partial charge in [-0.15, -0.1) is 0 Å². The fourth-order valence-corrected chi connectivity index (χ4v) is 6.34. The molecule has 1 aliphatic rings. The molecule has 3 aromatic carbocycles. The molecule has 1 unspecified atom stereocenters. The number of anilines is 1. The summed E-state index contributed by atoms with van der Waals surface area (Å²) in [7, 11) is 1.53. The van der Waals surface area contributed by atoms with Crippen molar-refractivity contribution in [1.82, 2.24) is 4.98 Å². The van der Waals surface area contributed by atoms with Gasteiger partial charge in [0.1, 0.15) is 5.58 Å². The Labute approximate surface area is 250 Å². The van der Waals surface area contributed by atoms with Gasteiger partial charge in [0.15, 0.2) is 28.1 Å². The van der Waals surface area contributed by atoms with Crippen LogP contribution in [0, 0.1) is 0 Å². The van der Waals surface area contributed by atoms with Crippen molar-refractivity contribution in [3.63, 3.8) is 0 Å². The fourth-order valence-electron chi connectivity index (χ4n) is 5.07. The van der Waals surface area contributed by atoms with Crippen LogP contribution in [0.1, 0.15) is 48.3 Å². The Balaban J connectivity index is 1.46. The minimum atomic E-state index is -1.02. The lowest BCUT2D eigenvalue weighted by atomic mass is 9.95. The summed E-state index contributed by atoms with van der Waals surface area (Å²) in [6.07, 6.45) is 3.02. The van der Waals surface area contributed by atoms with Crippen molar-refractivity contribution >= 4 is 60.9 Å². The maximum Gasteiger partial charge on any atom is 0.296 e. The van der Waals surface area contributed by atoms with Crippen LogP contribution in [-0.2, 0) is 4.79 Å². The normalized spacial score (nSPS) is 15.3. The van der Waals surface area contributed by atoms with Gasteiger partial charge in [-0.3, -0.25) is 14.5 Å². The number of hydrogen-bond donors (Lipinski definition) is 1. The van der Waals surface area contributed by atoms with Gasteiger partial charge in [-0.2, -0.15) is 0 Å². The van der Waals surface area contributed by atoms with Gasteiger partial charge in [-0.25, -0.2) is 4.98 Å². The molecule has 5 aromatic rings. The van der Waals surface area contributed by atoms with Crippen molar-refractivity contribution in [2.75, 3.05) is 18.6 Å². The third-order valence-electron chi connectivity index (χ3n) is 7.16. The van der Waals surface area contributed by atoms with Crippen LogP contribution in [0.5, 0.6) is 11.5 Å². The van der Waals surface area contributed by atoms with Gasteiger partial charge in [-0.1, -0.05) is 67.0 Å². The number of aromatic nitrogens is 1. The number of carbonyl (C=O) groups excluding carboxylic acids is 2. The third-order valence-corrected chi connectivity index (χ3v) is 8.41. The summed E-state index contributed by atoms with van der Waals surface area (Å²) in [5.74, 6) is -1.02. The van der Waals surface area contributed by atoms with E-state index in [9.17, 15) is 14.7 Å². The summed E-state index contributed by atoms with van der Waals surface area (Å²) >= 11 is 7.44. The molecule has 8 nitrogen and oxygen atoms in total. The Bertz CT molecular complexity index is 1830. The molecular weight excluding hydrogens is 576 g/mol. The van der Waals surface area contributed by atoms with Crippen LogP contribution in [0.25, 0.3) is 21.2 Å². The maximum absolute atomic E-state index is 14.0. The van der Waals surface area contributed by atoms with Gasteiger partial charge in [-0.05, 0) is 54.4 Å². The highest BCUT2D eigenvalue weighted by atomic mass is 35.5. The Hall–Kier alpha value is -4.34. The number of amides is 1. The number of methoxy groups -OCH3 is 1. The van der Waals surface area contributed by atoms with E-state index in [4.69, 9.17) is 25.5 Å². The molecule has 1 atom stereocenters. The minimum Gasteiger partial charge on any atom is -0.503 e. The van der Waals surface area contributed by atoms with Gasteiger partial charge in [0.2, 0.25) is 5.78 Å². The molecular formula is C32H27ClN2O6S. The van der Waals surface area contributed by atoms with Crippen LogP contribution >= 0.6 is 22.9 Å². The zero-order valence-electron chi connectivity index (χ0n) is 22.9. The summed E-state index contributed by atoms with van der Waals surface area (Å²) in [4.78, 5) is 33.7. The molecule has 0 aliphatic carbocycles. The maximum atomic E-state index is 14.0. The topological polar surface area (TPSA) is 102 Å². The van der Waals surface area contributed by atoms with Crippen molar-refractivity contribution < 1.29 is 28.6 Å². The molecule has 0 bridgehead atoms. The molecule has 0 fully saturated rings. The first-order chi connectivity index (χ1) is 20.4. The number of hydrogen-bond acceptors (Lipinski definition) is 8. The predicted octanol–water partition coefficient (Wildman–Crippen LogP) is 8.06. The van der Waals surface area contributed by atoms with E-state index in [1.54, 1.807) is 54.6 Å². The molecule has 0 saturated heterocycles. The minimum absolute atomic E-state index is 0.0105. The van der Waals surface area contributed by atoms with Crippen LogP contribution in [-0.4, -0.2) is 35.5 Å². The van der Waals surface area contributed by atoms with Gasteiger partial charge < -0.3 is 19.0 Å². The van der Waals surface area contributed by atoms with Crippen LogP contribution in [0.2, 0.25) is 5.02 Å². The van der Waals surface area contributed by atoms with E-state index in [1.807, 2.05) is 12.1 Å². The Morgan fingerprint density at radius 3 is 2.71 bits per heavy atom. The zero-order valence-corrected chi connectivity index (χ0v) is 24.5. The molecule has 6 rings (SSSR count). The number of para-hydroxylation sites is 1. The smallest absolute Gasteiger partial charge is 0.296 e. The summed E-state index contributed by atoms with van der Waals surface area (Å²) < 4.78 is 18.2. The van der Waals surface area contributed by atoms with Gasteiger partial charge in [0.05, 0.1) is 35.5 Å². The number of ketones is 1. The molecule has 1 N–H and O–H groups in total. The average molecular weight is 603 g/mol. The number of rotatable bonds is 10. The number of thiazole rings is 1. The molecule has 10 heteroatoms. The van der Waals surface area contributed by atoms with E-state index in [2.05, 4.69) is 11.9 Å². The average Bonchev–Trinajstić information content (AvgIpc) is 3.69. The Morgan fingerprint density at radius 2 is 1.93 bits per heavy atom. The van der Waals surface area contributed by atoms with Crippen molar-refractivity contribution in [2.24, 2.45) is 0 Å². The molecule has 214 valence electrons. The van der Waals surface area contributed by atoms with E-state index in [0.717, 1.165) is 29.3 Å². The number of Topliss-reactive ketones (excluding diaryl/α,β-unsaturated/α-hetero) is 1. The molecule has 3 heterocycles. The van der Waals surface area contributed by atoms with E-state index >= 15 is 0 Å². The largest absolute Gasteiger partial charge is 0.503 e. The van der Waals surface area contributed by atoms with Gasteiger partial charge in [0, 0.05) is 10.4 Å². The highest BCUT2D eigenvalue weighted by Gasteiger charge is 2.47. The lowest BCUT2D eigenvalue weighted by Gasteiger charge is -2.25. The van der Waals surface area contributed by atoms with Crippen LogP contribution in [0.3, 0.4) is 0 Å². The molecule has 1 aliphatic heterocycles. The summed E-state index contributed by atoms with van der Waals surface area (Å²) in [6.45, 7) is 2.65. The Morgan fingerprint density at radius 1 is 1.10 bits per heavy atom. The van der Waals surface area contributed by atoms with E-state index < -0.39 is 23.5 Å². The zero-order chi connectivity index (χ0) is 29.4. The third kappa shape index (κ3) is 4.99. The van der Waals surface area contributed by atoms with E-state index in [0.29, 0.717) is 44.9 Å². The first kappa shape index (κ1) is 27.8. The first-order valence-corrected chi connectivity index (χ1v) is 14.8. The van der Waals surface area contributed by atoms with Crippen molar-refractivity contribution in [3.05, 3.63) is 94.4 Å². The Kier molecular flexibility index (Phi) is 7.62. The number of halogens is 1. The van der Waals surface area contributed by atoms with Crippen molar-refractivity contribution in [3.8, 4) is 11.5 Å². The summed E-state index contributed by atoms with van der Waals surface area (Å²) in [5.41, 5.74) is 1.57. The highest BCUT2D eigenvalue weighted by molar-refractivity contribution is 7.22. The standard InChI is InChI=1S/C32H27ClN2O6S/c1-3-4-7-14-40-23-13-10-19(16-24(23)39-2)28-27(29(36)25-15-18-8-5-6-9-22(18)41-25)30(37)31(38)35(28)32-34-21-12-11-20(33)17-26(21)42-32/h5-6,8-13,15-17,28,37H,3-4,7,14H2,1-2H3. The second kappa shape index (κ2) is 11.5. The van der Waals surface area contributed by atoms with Crippen molar-refractivity contribution in [2.45, 2.75) is 32.2 Å². The number of benzene rings is 3. The number of nitrogens with zero attached hydrogens (tertiary/aromatic N) is 2. The predicted molar refractivity (Wildman–Crippen MR) is 163 cm³/mol. The van der Waals surface area contributed by atoms with E-state index in [1.165, 1.54) is 23.3 Å². The number of carbonyl (C=O) groups is 2. The number of aliphatic hydroxyl groups is 1. The van der Waals surface area contributed by atoms with E-state index in [-0.39, 0.29) is 11.3 Å². The summed E-state index contributed by atoms with van der Waals surface area (Å²) in [5, 5.41) is 12.8. The summed E-state index contributed by atoms with van der Waals surface area (Å²) in [6, 6.07) is 18.3. The lowest BCUT2D eigenvalue weighted by Crippen LogP contribution is -2.31. The molecule has 0 radical (unpaired) electrons. The number of fused-ring (bicyclic) bond motifs is 2. The quantitative estimate of drug-likeness (QED) is 0.127. The fraction of sp³-hybridized carbons (Fsp3) is 0.219. The lowest BCUT2D eigenvalue weighted by molar-refractivity contribution is -0.117. The monoisotopic (exact) mass is 602 g/mol. The van der Waals surface area contributed by atoms with Crippen LogP contribution < -0.4 is 14.4 Å². The molecule has 2 aromatic heterocycles. The molecule has 1 amide bonds. The number of furan rings is 1. The van der Waals surface area contributed by atoms with Gasteiger partial charge in [0.25, 0.3) is 5.91 Å². The van der Waals surface area contributed by atoms with Crippen LogP contribution in [0.15, 0.2) is 82.5 Å². The molecule has 0 saturated carbocycles. The second-order valence-corrected chi connectivity index (χ2v) is 11.3. The first-order valence-electron chi connectivity index (χ1n) is 13.6. The highest BCUT2D eigenvalue weighted by Crippen LogP contribution is 2.46. The number of unbranched alkanes of at least 4 members (excludes halogenated alkanes) is 2. The molecule has 0 spiro atoms. The number of aliphatic hydroxyl groups excluding tert-OH is 1. The number of ether oxygens (including phenoxy) is 2. The molecule has 42 heavy (non-hydrogen) atoms. The van der Waals surface area contributed by atoms with Crippen molar-refractivity contribution in [1.29, 1.82) is 0 Å².